The van der Waals surface area contributed by atoms with Crippen LogP contribution < -0.4 is 10.9 Å². The minimum Gasteiger partial charge on any atom is -0.352 e. The number of carbonyl (C=O) groups is 1. The molecule has 12 heteroatoms. The third-order valence-corrected chi connectivity index (χ3v) is 4.58. The predicted octanol–water partition coefficient (Wildman–Crippen LogP) is 0.366. The molecule has 148 valence electrons. The highest BCUT2D eigenvalue weighted by molar-refractivity contribution is 7.86. The fourth-order valence-electron chi connectivity index (χ4n) is 2.66. The van der Waals surface area contributed by atoms with Gasteiger partial charge in [0, 0.05) is 13.7 Å². The van der Waals surface area contributed by atoms with E-state index in [0.717, 1.165) is 6.26 Å². The van der Waals surface area contributed by atoms with Gasteiger partial charge >= 0.3 is 0 Å². The summed E-state index contributed by atoms with van der Waals surface area (Å²) >= 11 is 0. The summed E-state index contributed by atoms with van der Waals surface area (Å²) in [4.78, 5) is 34.9. The van der Waals surface area contributed by atoms with Crippen LogP contribution in [-0.2, 0) is 23.8 Å². The van der Waals surface area contributed by atoms with Gasteiger partial charge in [0.25, 0.3) is 15.7 Å². The van der Waals surface area contributed by atoms with Gasteiger partial charge in [0.1, 0.15) is 12.3 Å². The molecule has 3 rings (SSSR count). The Hall–Kier alpha value is -2.31. The van der Waals surface area contributed by atoms with E-state index in [1.165, 1.54) is 10.9 Å². The Labute approximate surface area is 156 Å². The Morgan fingerprint density at radius 1 is 1.56 bits per heavy atom. The molecule has 0 aromatic carbocycles. The van der Waals surface area contributed by atoms with E-state index in [4.69, 9.17) is 10.3 Å². The van der Waals surface area contributed by atoms with Crippen LogP contribution in [0.15, 0.2) is 11.1 Å². The second kappa shape index (κ2) is 7.02. The van der Waals surface area contributed by atoms with Crippen LogP contribution >= 0.6 is 0 Å². The maximum absolute atomic E-state index is 12.3. The first-order chi connectivity index (χ1) is 13.1. The lowest BCUT2D eigenvalue weighted by atomic mass is 10.2. The molecular weight excluding hydrogens is 378 g/mol. The van der Waals surface area contributed by atoms with Gasteiger partial charge in [-0.1, -0.05) is 13.8 Å². The number of hydrogen-bond donors (Lipinski definition) is 2. The summed E-state index contributed by atoms with van der Waals surface area (Å²) in [5, 5.41) is 2.52. The third kappa shape index (κ3) is 4.17. The maximum Gasteiger partial charge on any atom is 0.280 e. The van der Waals surface area contributed by atoms with Gasteiger partial charge in [-0.15, -0.1) is 0 Å². The summed E-state index contributed by atoms with van der Waals surface area (Å²) in [6.45, 7) is 3.20. The molecule has 0 bridgehead atoms. The largest absolute Gasteiger partial charge is 0.352 e. The summed E-state index contributed by atoms with van der Waals surface area (Å²) in [5.74, 6) is -0.658. The van der Waals surface area contributed by atoms with Crippen molar-refractivity contribution in [2.45, 2.75) is 45.6 Å². The Balaban J connectivity index is 1.94. The van der Waals surface area contributed by atoms with Gasteiger partial charge in [-0.05, 0) is 6.90 Å². The molecule has 2 aromatic rings. The number of rotatable bonds is 5. The number of nitrogens with zero attached hydrogens (tertiary/aromatic N) is 3. The van der Waals surface area contributed by atoms with Crippen LogP contribution in [-0.4, -0.2) is 52.3 Å². The van der Waals surface area contributed by atoms with Gasteiger partial charge in [-0.2, -0.15) is 13.4 Å². The highest BCUT2D eigenvalue weighted by atomic mass is 32.2. The summed E-state index contributed by atoms with van der Waals surface area (Å²) < 4.78 is 42.7. The minimum atomic E-state index is -3.73. The van der Waals surface area contributed by atoms with Crippen molar-refractivity contribution in [3.05, 3.63) is 16.7 Å². The minimum absolute atomic E-state index is 0.0306. The van der Waals surface area contributed by atoms with Crippen LogP contribution in [0.4, 0.5) is 5.95 Å². The van der Waals surface area contributed by atoms with Gasteiger partial charge in [-0.3, -0.25) is 28.6 Å². The molecule has 11 nitrogen and oxygen atoms in total. The topological polar surface area (TPSA) is 145 Å². The average molecular weight is 400 g/mol. The van der Waals surface area contributed by atoms with Gasteiger partial charge in [0.2, 0.25) is 11.9 Å². The quantitative estimate of drug-likeness (QED) is 0.685. The molecular formula is C15H21N5O6S. The molecule has 1 aliphatic rings. The Bertz CT molecular complexity index is 1050. The zero-order valence-corrected chi connectivity index (χ0v) is 15.8. The maximum atomic E-state index is 12.3. The highest BCUT2D eigenvalue weighted by Crippen LogP contribution is 2.32. The number of aromatic nitrogens is 4. The van der Waals surface area contributed by atoms with Crippen molar-refractivity contribution < 1.29 is 23.5 Å². The Morgan fingerprint density at radius 3 is 2.93 bits per heavy atom. The van der Waals surface area contributed by atoms with Crippen LogP contribution in [0.2, 0.25) is 0 Å². The number of hydrogen-bond acceptors (Lipinski definition) is 8. The van der Waals surface area contributed by atoms with E-state index >= 15 is 0 Å². The van der Waals surface area contributed by atoms with E-state index in [-0.39, 0.29) is 42.3 Å². The number of H-pyrrole nitrogens is 1. The molecule has 3 atom stereocenters. The summed E-state index contributed by atoms with van der Waals surface area (Å²) in [6, 6.07) is 0. The third-order valence-electron chi connectivity index (χ3n) is 3.99. The van der Waals surface area contributed by atoms with Crippen LogP contribution in [0.3, 0.4) is 0 Å². The molecule has 0 saturated carbocycles. The molecule has 3 heterocycles. The van der Waals surface area contributed by atoms with Gasteiger partial charge in [0.15, 0.2) is 11.2 Å². The summed E-state index contributed by atoms with van der Waals surface area (Å²) in [7, 11) is -3.73. The van der Waals surface area contributed by atoms with E-state index in [1.807, 2.05) is 0 Å². The van der Waals surface area contributed by atoms with E-state index in [1.54, 1.807) is 13.8 Å². The van der Waals surface area contributed by atoms with E-state index in [2.05, 4.69) is 20.3 Å². The smallest absolute Gasteiger partial charge is 0.280 e. The average Bonchev–Trinajstić information content (AvgIpc) is 3.17. The SMILES string of the molecule is [2H]C[C@H]1OC(n2cnc3c(=O)[nH]c(NC(=O)C(C)C)nc32)C[C@H]1OS(C)(=O)=O. The van der Waals surface area contributed by atoms with Gasteiger partial charge < -0.3 is 4.74 Å². The van der Waals surface area contributed by atoms with E-state index in [9.17, 15) is 18.0 Å². The normalized spacial score (nSPS) is 23.7. The molecule has 1 saturated heterocycles. The van der Waals surface area contributed by atoms with Gasteiger partial charge in [0.05, 0.1) is 18.7 Å². The Morgan fingerprint density at radius 2 is 2.30 bits per heavy atom. The molecule has 27 heavy (non-hydrogen) atoms. The highest BCUT2D eigenvalue weighted by Gasteiger charge is 2.37. The van der Waals surface area contributed by atoms with E-state index in [0.29, 0.717) is 0 Å². The van der Waals surface area contributed by atoms with Crippen molar-refractivity contribution in [3.8, 4) is 0 Å². The second-order valence-corrected chi connectivity index (χ2v) is 8.19. The van der Waals surface area contributed by atoms with Gasteiger partial charge in [-0.25, -0.2) is 4.98 Å². The van der Waals surface area contributed by atoms with E-state index < -0.39 is 34.1 Å². The molecule has 2 N–H and O–H groups in total. The monoisotopic (exact) mass is 400 g/mol. The van der Waals surface area contributed by atoms with Crippen molar-refractivity contribution in [2.24, 2.45) is 5.92 Å². The van der Waals surface area contributed by atoms with Crippen LogP contribution in [0.1, 0.15) is 34.8 Å². The first kappa shape index (κ1) is 18.1. The number of ether oxygens (including phenoxy) is 1. The molecule has 1 amide bonds. The molecule has 0 spiro atoms. The Kier molecular flexibility index (Phi) is 4.70. The van der Waals surface area contributed by atoms with Crippen molar-refractivity contribution in [2.75, 3.05) is 11.6 Å². The molecule has 1 fully saturated rings. The fourth-order valence-corrected chi connectivity index (χ4v) is 3.31. The lowest BCUT2D eigenvalue weighted by Crippen LogP contribution is -2.24. The lowest BCUT2D eigenvalue weighted by molar-refractivity contribution is -0.118. The molecule has 0 aliphatic carbocycles. The lowest BCUT2D eigenvalue weighted by Gasteiger charge is -2.13. The van der Waals surface area contributed by atoms with Crippen molar-refractivity contribution in [1.82, 2.24) is 19.5 Å². The number of fused-ring (bicyclic) bond motifs is 1. The van der Waals surface area contributed by atoms with Crippen molar-refractivity contribution in [3.63, 3.8) is 0 Å². The molecule has 1 aliphatic heterocycles. The number of anilines is 1. The number of imidazole rings is 1. The van der Waals surface area contributed by atoms with Crippen LogP contribution in [0.5, 0.6) is 0 Å². The first-order valence-electron chi connectivity index (χ1n) is 8.90. The standard InChI is InChI=1S/C15H21N5O6S/c1-7(2)13(21)18-15-17-12-11(14(22)19-15)16-6-20(12)10-5-9(8(3)25-10)26-27(4,23)24/h6-10H,5H2,1-4H3,(H2,17,18,19,21,22)/t8-,9-,10?/m1/s1/i3D. The zero-order valence-electron chi connectivity index (χ0n) is 16.0. The number of nitrogens with one attached hydrogen (secondary N) is 2. The van der Waals surface area contributed by atoms with Crippen molar-refractivity contribution >= 4 is 33.1 Å². The fraction of sp³-hybridized carbons (Fsp3) is 0.600. The second-order valence-electron chi connectivity index (χ2n) is 6.59. The molecule has 2 aromatic heterocycles. The molecule has 1 unspecified atom stereocenters. The summed E-state index contributed by atoms with van der Waals surface area (Å²) in [6.07, 6.45) is 0.0738. The summed E-state index contributed by atoms with van der Waals surface area (Å²) in [5.41, 5.74) is -0.334. The predicted molar refractivity (Wildman–Crippen MR) is 95.5 cm³/mol. The molecule has 0 radical (unpaired) electrons. The number of carbonyl (C=O) groups excluding carboxylic acids is 1. The zero-order chi connectivity index (χ0) is 20.6. The first-order valence-corrected chi connectivity index (χ1v) is 10.0. The number of amides is 1. The van der Waals surface area contributed by atoms with Crippen molar-refractivity contribution in [1.29, 1.82) is 0 Å². The van der Waals surface area contributed by atoms with Crippen LogP contribution in [0.25, 0.3) is 11.2 Å². The van der Waals surface area contributed by atoms with Crippen LogP contribution in [0, 0.1) is 5.92 Å². The number of aromatic amines is 1.